The molecule has 152 valence electrons. The molecule has 1 heterocycles. The quantitative estimate of drug-likeness (QED) is 0.702. The predicted octanol–water partition coefficient (Wildman–Crippen LogP) is 4.10. The van der Waals surface area contributed by atoms with Crippen LogP contribution in [0.25, 0.3) is 0 Å². The normalized spacial score (nSPS) is 17.3. The lowest BCUT2D eigenvalue weighted by Gasteiger charge is -2.23. The molecule has 7 heteroatoms. The van der Waals surface area contributed by atoms with Crippen LogP contribution in [-0.2, 0) is 11.4 Å². The molecule has 3 rings (SSSR count). The molecule has 1 aliphatic rings. The highest BCUT2D eigenvalue weighted by Crippen LogP contribution is 2.19. The Morgan fingerprint density at radius 3 is 2.61 bits per heavy atom. The van der Waals surface area contributed by atoms with E-state index in [4.69, 9.17) is 4.74 Å². The number of nitrogens with one attached hydrogen (secondary N) is 2. The Balaban J connectivity index is 0.00000280. The zero-order valence-electron chi connectivity index (χ0n) is 15.8. The van der Waals surface area contributed by atoms with Crippen molar-refractivity contribution in [1.29, 1.82) is 0 Å². The van der Waals surface area contributed by atoms with Gasteiger partial charge in [0.25, 0.3) is 0 Å². The van der Waals surface area contributed by atoms with Gasteiger partial charge in [-0.25, -0.2) is 4.39 Å². The van der Waals surface area contributed by atoms with Crippen LogP contribution in [0.4, 0.5) is 4.39 Å². The number of hydrogen-bond acceptors (Lipinski definition) is 4. The van der Waals surface area contributed by atoms with Gasteiger partial charge in [-0.1, -0.05) is 24.3 Å². The SMILES string of the molecule is CC(NC(=O)CC1CSCCN1)c1ccc(OCc2ccc(F)cc2)cc1.Cl. The van der Waals surface area contributed by atoms with Crippen LogP contribution in [0.15, 0.2) is 48.5 Å². The van der Waals surface area contributed by atoms with Crippen LogP contribution in [0.5, 0.6) is 5.75 Å². The summed E-state index contributed by atoms with van der Waals surface area (Å²) in [6.07, 6.45) is 0.510. The molecule has 0 saturated carbocycles. The van der Waals surface area contributed by atoms with Crippen molar-refractivity contribution in [2.75, 3.05) is 18.1 Å². The molecule has 2 atom stereocenters. The Kier molecular flexibility index (Phi) is 9.09. The van der Waals surface area contributed by atoms with Crippen LogP contribution in [0.2, 0.25) is 0 Å². The lowest BCUT2D eigenvalue weighted by Crippen LogP contribution is -2.41. The van der Waals surface area contributed by atoms with Crippen molar-refractivity contribution in [2.45, 2.75) is 32.0 Å². The van der Waals surface area contributed by atoms with Gasteiger partial charge in [-0.2, -0.15) is 11.8 Å². The molecule has 0 bridgehead atoms. The zero-order valence-corrected chi connectivity index (χ0v) is 17.5. The molecule has 1 fully saturated rings. The highest BCUT2D eigenvalue weighted by molar-refractivity contribution is 7.99. The molecular formula is C21H26ClFN2O2S. The fourth-order valence-electron chi connectivity index (χ4n) is 2.96. The second-order valence-corrected chi connectivity index (χ2v) is 7.85. The summed E-state index contributed by atoms with van der Waals surface area (Å²) in [5.74, 6) is 2.66. The van der Waals surface area contributed by atoms with Crippen LogP contribution in [0, 0.1) is 5.82 Å². The van der Waals surface area contributed by atoms with E-state index in [0.717, 1.165) is 34.9 Å². The van der Waals surface area contributed by atoms with E-state index >= 15 is 0 Å². The minimum absolute atomic E-state index is 0. The maximum atomic E-state index is 12.9. The molecule has 1 aliphatic heterocycles. The molecule has 1 saturated heterocycles. The lowest BCUT2D eigenvalue weighted by molar-refractivity contribution is -0.122. The van der Waals surface area contributed by atoms with Gasteiger partial charge in [0.2, 0.25) is 5.91 Å². The number of thioether (sulfide) groups is 1. The van der Waals surface area contributed by atoms with Crippen LogP contribution in [-0.4, -0.2) is 30.0 Å². The number of hydrogen-bond donors (Lipinski definition) is 2. The highest BCUT2D eigenvalue weighted by Gasteiger charge is 2.18. The van der Waals surface area contributed by atoms with E-state index in [-0.39, 0.29) is 36.2 Å². The Morgan fingerprint density at radius 2 is 1.96 bits per heavy atom. The minimum atomic E-state index is -0.253. The van der Waals surface area contributed by atoms with E-state index in [9.17, 15) is 9.18 Å². The first kappa shape index (κ1) is 22.5. The van der Waals surface area contributed by atoms with Crippen LogP contribution < -0.4 is 15.4 Å². The number of carbonyl (C=O) groups is 1. The van der Waals surface area contributed by atoms with Gasteiger partial charge in [-0.05, 0) is 42.3 Å². The first-order valence-corrected chi connectivity index (χ1v) is 10.3. The van der Waals surface area contributed by atoms with Gasteiger partial charge in [0, 0.05) is 30.5 Å². The minimum Gasteiger partial charge on any atom is -0.489 e. The molecule has 0 spiro atoms. The Bertz CT molecular complexity index is 737. The number of halogens is 2. The molecule has 28 heavy (non-hydrogen) atoms. The Morgan fingerprint density at radius 1 is 1.25 bits per heavy atom. The van der Waals surface area contributed by atoms with Gasteiger partial charge < -0.3 is 15.4 Å². The van der Waals surface area contributed by atoms with Crippen molar-refractivity contribution >= 4 is 30.1 Å². The average Bonchev–Trinajstić information content (AvgIpc) is 2.68. The van der Waals surface area contributed by atoms with Gasteiger partial charge in [-0.3, -0.25) is 4.79 Å². The summed E-state index contributed by atoms with van der Waals surface area (Å²) in [5.41, 5.74) is 1.94. The fourth-order valence-corrected chi connectivity index (χ4v) is 3.91. The zero-order chi connectivity index (χ0) is 19.1. The summed E-state index contributed by atoms with van der Waals surface area (Å²) >= 11 is 1.89. The molecule has 0 radical (unpaired) electrons. The van der Waals surface area contributed by atoms with Gasteiger partial charge in [0.05, 0.1) is 6.04 Å². The number of carbonyl (C=O) groups excluding carboxylic acids is 1. The summed E-state index contributed by atoms with van der Waals surface area (Å²) in [5, 5.41) is 6.44. The third-order valence-electron chi connectivity index (χ3n) is 4.51. The van der Waals surface area contributed by atoms with E-state index in [2.05, 4.69) is 10.6 Å². The second kappa shape index (κ2) is 11.3. The Hall–Kier alpha value is -1.76. The first-order valence-electron chi connectivity index (χ1n) is 9.18. The summed E-state index contributed by atoms with van der Waals surface area (Å²) in [6, 6.07) is 14.2. The average molecular weight is 425 g/mol. The third kappa shape index (κ3) is 7.00. The largest absolute Gasteiger partial charge is 0.489 e. The first-order chi connectivity index (χ1) is 13.1. The summed E-state index contributed by atoms with van der Waals surface area (Å²) in [7, 11) is 0. The van der Waals surface area contributed by atoms with E-state index < -0.39 is 0 Å². The molecular weight excluding hydrogens is 399 g/mol. The van der Waals surface area contributed by atoms with E-state index in [0.29, 0.717) is 13.0 Å². The number of ether oxygens (including phenoxy) is 1. The van der Waals surface area contributed by atoms with Crippen molar-refractivity contribution < 1.29 is 13.9 Å². The van der Waals surface area contributed by atoms with Gasteiger partial charge in [0.1, 0.15) is 18.2 Å². The van der Waals surface area contributed by atoms with Gasteiger partial charge in [-0.15, -0.1) is 12.4 Å². The van der Waals surface area contributed by atoms with Crippen LogP contribution >= 0.6 is 24.2 Å². The molecule has 2 aromatic carbocycles. The fraction of sp³-hybridized carbons (Fsp3) is 0.381. The van der Waals surface area contributed by atoms with Crippen molar-refractivity contribution in [1.82, 2.24) is 10.6 Å². The standard InChI is InChI=1S/C21H25FN2O2S.ClH/c1-15(24-21(25)12-19-14-27-11-10-23-19)17-4-8-20(9-5-17)26-13-16-2-6-18(22)7-3-16;/h2-9,15,19,23H,10-14H2,1H3,(H,24,25);1H. The Labute approximate surface area is 176 Å². The number of amides is 1. The maximum absolute atomic E-state index is 12.9. The second-order valence-electron chi connectivity index (χ2n) is 6.70. The predicted molar refractivity (Wildman–Crippen MR) is 115 cm³/mol. The number of benzene rings is 2. The molecule has 0 aliphatic carbocycles. The summed E-state index contributed by atoms with van der Waals surface area (Å²) in [4.78, 5) is 12.2. The van der Waals surface area contributed by atoms with E-state index in [1.54, 1.807) is 12.1 Å². The van der Waals surface area contributed by atoms with E-state index in [1.807, 2.05) is 43.0 Å². The highest BCUT2D eigenvalue weighted by atomic mass is 35.5. The van der Waals surface area contributed by atoms with E-state index in [1.165, 1.54) is 12.1 Å². The monoisotopic (exact) mass is 424 g/mol. The molecule has 2 N–H and O–H groups in total. The molecule has 1 amide bonds. The molecule has 2 aromatic rings. The molecule has 4 nitrogen and oxygen atoms in total. The lowest BCUT2D eigenvalue weighted by atomic mass is 10.1. The van der Waals surface area contributed by atoms with Crippen molar-refractivity contribution in [2.24, 2.45) is 0 Å². The third-order valence-corrected chi connectivity index (χ3v) is 5.64. The summed E-state index contributed by atoms with van der Waals surface area (Å²) < 4.78 is 18.6. The van der Waals surface area contributed by atoms with Crippen molar-refractivity contribution in [3.8, 4) is 5.75 Å². The summed E-state index contributed by atoms with van der Waals surface area (Å²) in [6.45, 7) is 3.34. The maximum Gasteiger partial charge on any atom is 0.222 e. The smallest absolute Gasteiger partial charge is 0.222 e. The molecule has 0 aromatic heterocycles. The van der Waals surface area contributed by atoms with Crippen LogP contribution in [0.1, 0.15) is 30.5 Å². The van der Waals surface area contributed by atoms with Crippen LogP contribution in [0.3, 0.4) is 0 Å². The van der Waals surface area contributed by atoms with Gasteiger partial charge >= 0.3 is 0 Å². The van der Waals surface area contributed by atoms with Gasteiger partial charge in [0.15, 0.2) is 0 Å². The topological polar surface area (TPSA) is 50.4 Å². The van der Waals surface area contributed by atoms with Crippen molar-refractivity contribution in [3.63, 3.8) is 0 Å². The molecule has 2 unspecified atom stereocenters. The van der Waals surface area contributed by atoms with Crippen molar-refractivity contribution in [3.05, 3.63) is 65.5 Å². The number of rotatable bonds is 7.